The zero-order valence-electron chi connectivity index (χ0n) is 11.1. The zero-order valence-corrected chi connectivity index (χ0v) is 11.1. The quantitative estimate of drug-likeness (QED) is 0.743. The molecule has 1 aromatic rings. The number of rotatable bonds is 5. The van der Waals surface area contributed by atoms with Crippen molar-refractivity contribution in [3.8, 4) is 0 Å². The maximum atomic E-state index is 13.0. The van der Waals surface area contributed by atoms with E-state index in [1.54, 1.807) is 44.2 Å². The monoisotopic (exact) mass is 273 g/mol. The molecular formula is C14H18F3NO. The van der Waals surface area contributed by atoms with Crippen LogP contribution in [0.5, 0.6) is 0 Å². The number of carbonyl (C=O) groups excluding carboxylic acids is 1. The summed E-state index contributed by atoms with van der Waals surface area (Å²) in [6, 6.07) is 8.21. The lowest BCUT2D eigenvalue weighted by Crippen LogP contribution is -2.45. The van der Waals surface area contributed by atoms with Gasteiger partial charge in [-0.3, -0.25) is 4.79 Å². The first-order chi connectivity index (χ1) is 8.90. The molecule has 0 aliphatic rings. The lowest BCUT2D eigenvalue weighted by Gasteiger charge is -2.28. The molecule has 0 aliphatic carbocycles. The Morgan fingerprint density at radius 1 is 1.16 bits per heavy atom. The summed E-state index contributed by atoms with van der Waals surface area (Å²) in [5.41, 5.74) is 0.471. The fourth-order valence-corrected chi connectivity index (χ4v) is 1.92. The van der Waals surface area contributed by atoms with E-state index < -0.39 is 24.7 Å². The van der Waals surface area contributed by atoms with Gasteiger partial charge in [0.05, 0.1) is 6.54 Å². The molecule has 0 saturated heterocycles. The molecule has 0 unspecified atom stereocenters. The van der Waals surface area contributed by atoms with Gasteiger partial charge in [0.25, 0.3) is 0 Å². The fraction of sp³-hybridized carbons (Fsp3) is 0.500. The maximum absolute atomic E-state index is 13.0. The highest BCUT2D eigenvalue weighted by atomic mass is 19.4. The number of nitrogens with zero attached hydrogens (tertiary/aromatic N) is 1. The Morgan fingerprint density at radius 2 is 1.68 bits per heavy atom. The van der Waals surface area contributed by atoms with Crippen molar-refractivity contribution in [1.29, 1.82) is 0 Å². The lowest BCUT2D eigenvalue weighted by molar-refractivity contribution is -0.246. The number of halogens is 3. The van der Waals surface area contributed by atoms with Gasteiger partial charge in [0, 0.05) is 5.92 Å². The van der Waals surface area contributed by atoms with Gasteiger partial charge < -0.3 is 0 Å². The average Bonchev–Trinajstić information content (AvgIpc) is 2.37. The van der Waals surface area contributed by atoms with Gasteiger partial charge in [-0.05, 0) is 18.4 Å². The van der Waals surface area contributed by atoms with Crippen molar-refractivity contribution in [2.45, 2.75) is 39.5 Å². The minimum atomic E-state index is -4.64. The molecule has 0 aromatic heterocycles. The molecule has 1 amide bonds. The summed E-state index contributed by atoms with van der Waals surface area (Å²) >= 11 is 0. The van der Waals surface area contributed by atoms with E-state index in [9.17, 15) is 18.0 Å². The summed E-state index contributed by atoms with van der Waals surface area (Å²) in [6.07, 6.45) is -3.82. The third kappa shape index (κ3) is 4.26. The summed E-state index contributed by atoms with van der Waals surface area (Å²) < 4.78 is 39.0. The minimum absolute atomic E-state index is 0.0139. The van der Waals surface area contributed by atoms with E-state index in [0.717, 1.165) is 0 Å². The van der Waals surface area contributed by atoms with Crippen LogP contribution in [0.1, 0.15) is 32.3 Å². The number of benzene rings is 1. The van der Waals surface area contributed by atoms with E-state index in [-0.39, 0.29) is 4.90 Å². The minimum Gasteiger partial charge on any atom is -0.274 e. The van der Waals surface area contributed by atoms with E-state index in [0.29, 0.717) is 18.4 Å². The van der Waals surface area contributed by atoms with Crippen LogP contribution in [0.25, 0.3) is 0 Å². The molecule has 0 radical (unpaired) electrons. The van der Waals surface area contributed by atoms with Gasteiger partial charge in [-0.1, -0.05) is 44.2 Å². The van der Waals surface area contributed by atoms with Gasteiger partial charge in [0.15, 0.2) is 0 Å². The topological polar surface area (TPSA) is 20.3 Å². The molecular weight excluding hydrogens is 255 g/mol. The summed E-state index contributed by atoms with van der Waals surface area (Å²) in [5.74, 6) is -1.42. The summed E-state index contributed by atoms with van der Waals surface area (Å²) in [6.45, 7) is 3.02. The Hall–Kier alpha value is -1.52. The van der Waals surface area contributed by atoms with Crippen LogP contribution in [0.2, 0.25) is 0 Å². The van der Waals surface area contributed by atoms with Gasteiger partial charge in [-0.2, -0.15) is 0 Å². The highest BCUT2D eigenvalue weighted by molar-refractivity contribution is 5.79. The molecule has 0 saturated carbocycles. The summed E-state index contributed by atoms with van der Waals surface area (Å²) in [7, 11) is 0. The SMILES string of the molecule is CCC(CC)C(=O)N(Cc1ccccc1)C(F)(F)F. The normalized spacial score (nSPS) is 11.7. The van der Waals surface area contributed by atoms with Crippen LogP contribution in [0.4, 0.5) is 13.2 Å². The third-order valence-electron chi connectivity index (χ3n) is 3.09. The molecule has 0 heterocycles. The molecule has 0 fully saturated rings. The molecule has 0 spiro atoms. The number of amides is 1. The number of alkyl halides is 3. The highest BCUT2D eigenvalue weighted by Crippen LogP contribution is 2.27. The lowest BCUT2D eigenvalue weighted by atomic mass is 10.0. The van der Waals surface area contributed by atoms with Crippen LogP contribution >= 0.6 is 0 Å². The molecule has 2 nitrogen and oxygen atoms in total. The largest absolute Gasteiger partial charge is 0.487 e. The Morgan fingerprint density at radius 3 is 2.11 bits per heavy atom. The standard InChI is InChI=1S/C14H18F3NO/c1-3-12(4-2)13(19)18(14(15,16)17)10-11-8-6-5-7-9-11/h5-9,12H,3-4,10H2,1-2H3. The molecule has 106 valence electrons. The molecule has 0 bridgehead atoms. The molecule has 0 aliphatic heterocycles. The van der Waals surface area contributed by atoms with Gasteiger partial charge in [0.2, 0.25) is 5.91 Å². The van der Waals surface area contributed by atoms with E-state index in [2.05, 4.69) is 0 Å². The number of hydrogen-bond donors (Lipinski definition) is 0. The van der Waals surface area contributed by atoms with E-state index in [1.165, 1.54) is 0 Å². The maximum Gasteiger partial charge on any atom is 0.487 e. The van der Waals surface area contributed by atoms with Crippen LogP contribution in [-0.4, -0.2) is 17.1 Å². The van der Waals surface area contributed by atoms with Crippen LogP contribution in [-0.2, 0) is 11.3 Å². The van der Waals surface area contributed by atoms with Crippen molar-refractivity contribution in [3.05, 3.63) is 35.9 Å². The number of carbonyl (C=O) groups is 1. The van der Waals surface area contributed by atoms with Gasteiger partial charge in [-0.25, -0.2) is 4.90 Å². The van der Waals surface area contributed by atoms with Crippen molar-refractivity contribution in [1.82, 2.24) is 4.90 Å². The zero-order chi connectivity index (χ0) is 14.5. The fourth-order valence-electron chi connectivity index (χ4n) is 1.92. The van der Waals surface area contributed by atoms with Crippen LogP contribution in [0.15, 0.2) is 30.3 Å². The van der Waals surface area contributed by atoms with Crippen molar-refractivity contribution in [3.63, 3.8) is 0 Å². The van der Waals surface area contributed by atoms with E-state index in [4.69, 9.17) is 0 Å². The highest BCUT2D eigenvalue weighted by Gasteiger charge is 2.42. The van der Waals surface area contributed by atoms with Crippen LogP contribution in [0.3, 0.4) is 0 Å². The van der Waals surface area contributed by atoms with Crippen LogP contribution in [0, 0.1) is 5.92 Å². The van der Waals surface area contributed by atoms with Crippen molar-refractivity contribution < 1.29 is 18.0 Å². The Labute approximate surface area is 111 Å². The molecule has 0 N–H and O–H groups in total. The molecule has 1 aromatic carbocycles. The predicted octanol–water partition coefficient (Wildman–Crippen LogP) is 3.97. The van der Waals surface area contributed by atoms with Gasteiger partial charge in [-0.15, -0.1) is 13.2 Å². The van der Waals surface area contributed by atoms with E-state index >= 15 is 0 Å². The molecule has 1 rings (SSSR count). The Balaban J connectivity index is 2.93. The second kappa shape index (κ2) is 6.59. The van der Waals surface area contributed by atoms with Gasteiger partial charge in [0.1, 0.15) is 0 Å². The van der Waals surface area contributed by atoms with Crippen LogP contribution < -0.4 is 0 Å². The molecule has 19 heavy (non-hydrogen) atoms. The smallest absolute Gasteiger partial charge is 0.274 e. The number of hydrogen-bond acceptors (Lipinski definition) is 1. The Bertz CT molecular complexity index is 399. The molecule has 5 heteroatoms. The van der Waals surface area contributed by atoms with E-state index in [1.807, 2.05) is 0 Å². The first kappa shape index (κ1) is 15.5. The first-order valence-corrected chi connectivity index (χ1v) is 6.32. The van der Waals surface area contributed by atoms with Crippen molar-refractivity contribution >= 4 is 5.91 Å². The third-order valence-corrected chi connectivity index (χ3v) is 3.09. The second-order valence-electron chi connectivity index (χ2n) is 4.39. The predicted molar refractivity (Wildman–Crippen MR) is 67.1 cm³/mol. The Kier molecular flexibility index (Phi) is 5.39. The van der Waals surface area contributed by atoms with Crippen molar-refractivity contribution in [2.24, 2.45) is 5.92 Å². The molecule has 0 atom stereocenters. The summed E-state index contributed by atoms with van der Waals surface area (Å²) in [5, 5.41) is 0. The van der Waals surface area contributed by atoms with Crippen molar-refractivity contribution in [2.75, 3.05) is 0 Å². The first-order valence-electron chi connectivity index (χ1n) is 6.32. The van der Waals surface area contributed by atoms with Gasteiger partial charge >= 0.3 is 6.30 Å². The average molecular weight is 273 g/mol. The second-order valence-corrected chi connectivity index (χ2v) is 4.39. The summed E-state index contributed by atoms with van der Waals surface area (Å²) in [4.78, 5) is 12.0.